The SMILES string of the molecule is Cc1cc(Nc2cc(N3CCN(c4ccc([N+](=O)[O-])cc4)CC3)nc(C=Cc3ccccc3)n2)n[nH]1. The van der Waals surface area contributed by atoms with Crippen molar-refractivity contribution in [2.45, 2.75) is 6.92 Å². The summed E-state index contributed by atoms with van der Waals surface area (Å²) >= 11 is 0. The first kappa shape index (κ1) is 23.0. The minimum Gasteiger partial charge on any atom is -0.368 e. The molecule has 0 saturated carbocycles. The van der Waals surface area contributed by atoms with Gasteiger partial charge in [-0.2, -0.15) is 5.10 Å². The molecular formula is C26H26N8O2. The second-order valence-electron chi connectivity index (χ2n) is 8.52. The first-order valence-electron chi connectivity index (χ1n) is 11.7. The molecule has 1 saturated heterocycles. The van der Waals surface area contributed by atoms with Crippen LogP contribution in [0.2, 0.25) is 0 Å². The zero-order valence-corrected chi connectivity index (χ0v) is 19.8. The van der Waals surface area contributed by atoms with Gasteiger partial charge in [0.25, 0.3) is 5.69 Å². The molecule has 3 heterocycles. The number of nitro benzene ring substituents is 1. The number of H-pyrrole nitrogens is 1. The predicted molar refractivity (Wildman–Crippen MR) is 142 cm³/mol. The number of non-ortho nitro benzene ring substituents is 1. The molecule has 1 aliphatic heterocycles. The van der Waals surface area contributed by atoms with E-state index in [1.807, 2.05) is 61.5 Å². The lowest BCUT2D eigenvalue weighted by Gasteiger charge is -2.36. The molecule has 10 nitrogen and oxygen atoms in total. The number of rotatable bonds is 7. The molecule has 0 radical (unpaired) electrons. The second-order valence-corrected chi connectivity index (χ2v) is 8.52. The zero-order valence-electron chi connectivity index (χ0n) is 19.8. The predicted octanol–water partition coefficient (Wildman–Crippen LogP) is 4.66. The Morgan fingerprint density at radius 1 is 0.917 bits per heavy atom. The third-order valence-corrected chi connectivity index (χ3v) is 5.95. The van der Waals surface area contributed by atoms with Gasteiger partial charge in [0.1, 0.15) is 11.6 Å². The van der Waals surface area contributed by atoms with E-state index in [1.165, 1.54) is 0 Å². The highest BCUT2D eigenvalue weighted by Crippen LogP contribution is 2.24. The van der Waals surface area contributed by atoms with Gasteiger partial charge in [0.05, 0.1) is 4.92 Å². The molecular weight excluding hydrogens is 456 g/mol. The van der Waals surface area contributed by atoms with Crippen molar-refractivity contribution in [3.8, 4) is 0 Å². The van der Waals surface area contributed by atoms with E-state index in [0.717, 1.165) is 48.9 Å². The summed E-state index contributed by atoms with van der Waals surface area (Å²) in [5.74, 6) is 2.79. The number of nitrogens with zero attached hydrogens (tertiary/aromatic N) is 6. The van der Waals surface area contributed by atoms with Gasteiger partial charge in [-0.1, -0.05) is 36.4 Å². The van der Waals surface area contributed by atoms with Crippen LogP contribution in [0.15, 0.2) is 66.7 Å². The Hall–Kier alpha value is -4.73. The summed E-state index contributed by atoms with van der Waals surface area (Å²) in [5.41, 5.74) is 3.10. The van der Waals surface area contributed by atoms with E-state index in [-0.39, 0.29) is 10.6 Å². The summed E-state index contributed by atoms with van der Waals surface area (Å²) in [4.78, 5) is 24.5. The molecule has 2 N–H and O–H groups in total. The standard InChI is InChI=1S/C26H26N8O2/c1-19-17-25(31-30-19)28-24-18-26(29-23(27-24)12-7-20-5-3-2-4-6-20)33-15-13-32(14-16-33)21-8-10-22(11-9-21)34(35)36/h2-12,17-18H,13-16H2,1H3,(H2,27,28,29,30,31). The van der Waals surface area contributed by atoms with Crippen LogP contribution in [0.4, 0.5) is 28.8 Å². The van der Waals surface area contributed by atoms with Crippen molar-refractivity contribution in [3.63, 3.8) is 0 Å². The van der Waals surface area contributed by atoms with Gasteiger partial charge in [-0.15, -0.1) is 0 Å². The van der Waals surface area contributed by atoms with Gasteiger partial charge in [-0.3, -0.25) is 15.2 Å². The average Bonchev–Trinajstić information content (AvgIpc) is 3.32. The number of aryl methyl sites for hydroxylation is 1. The molecule has 2 aromatic heterocycles. The normalized spacial score (nSPS) is 13.8. The molecule has 1 aliphatic rings. The van der Waals surface area contributed by atoms with Crippen molar-refractivity contribution >= 4 is 41.0 Å². The fraction of sp³-hybridized carbons (Fsp3) is 0.192. The molecule has 5 rings (SSSR count). The summed E-state index contributed by atoms with van der Waals surface area (Å²) in [5, 5.41) is 21.4. The van der Waals surface area contributed by atoms with Crippen molar-refractivity contribution in [2.75, 3.05) is 41.3 Å². The largest absolute Gasteiger partial charge is 0.368 e. The summed E-state index contributed by atoms with van der Waals surface area (Å²) in [6, 6.07) is 20.6. The van der Waals surface area contributed by atoms with Crippen LogP contribution in [-0.4, -0.2) is 51.3 Å². The highest BCUT2D eigenvalue weighted by molar-refractivity contribution is 5.69. The number of nitro groups is 1. The highest BCUT2D eigenvalue weighted by Gasteiger charge is 2.20. The number of aromatic amines is 1. The van der Waals surface area contributed by atoms with Gasteiger partial charge < -0.3 is 15.1 Å². The van der Waals surface area contributed by atoms with E-state index < -0.39 is 0 Å². The Balaban J connectivity index is 1.35. The van der Waals surface area contributed by atoms with Crippen molar-refractivity contribution in [1.29, 1.82) is 0 Å². The van der Waals surface area contributed by atoms with Gasteiger partial charge in [0, 0.05) is 61.8 Å². The minimum atomic E-state index is -0.378. The lowest BCUT2D eigenvalue weighted by molar-refractivity contribution is -0.384. The number of anilines is 4. The van der Waals surface area contributed by atoms with Crippen LogP contribution in [0.5, 0.6) is 0 Å². The monoisotopic (exact) mass is 482 g/mol. The van der Waals surface area contributed by atoms with E-state index in [4.69, 9.17) is 4.98 Å². The molecule has 2 aromatic carbocycles. The molecule has 0 unspecified atom stereocenters. The van der Waals surface area contributed by atoms with E-state index in [2.05, 4.69) is 30.3 Å². The van der Waals surface area contributed by atoms with Gasteiger partial charge in [-0.25, -0.2) is 9.97 Å². The van der Waals surface area contributed by atoms with Crippen LogP contribution in [0.1, 0.15) is 17.1 Å². The minimum absolute atomic E-state index is 0.0987. The third-order valence-electron chi connectivity index (χ3n) is 5.95. The number of aromatic nitrogens is 4. The number of piperazine rings is 1. The summed E-state index contributed by atoms with van der Waals surface area (Å²) in [7, 11) is 0. The Labute approximate surface area is 208 Å². The Morgan fingerprint density at radius 2 is 1.64 bits per heavy atom. The number of nitrogens with one attached hydrogen (secondary N) is 2. The molecule has 4 aromatic rings. The van der Waals surface area contributed by atoms with Crippen LogP contribution < -0.4 is 15.1 Å². The maximum atomic E-state index is 10.9. The van der Waals surface area contributed by atoms with E-state index >= 15 is 0 Å². The van der Waals surface area contributed by atoms with Crippen LogP contribution in [0.25, 0.3) is 12.2 Å². The van der Waals surface area contributed by atoms with Gasteiger partial charge in [0.15, 0.2) is 11.6 Å². The quantitative estimate of drug-likeness (QED) is 0.289. The third kappa shape index (κ3) is 5.49. The lowest BCUT2D eigenvalue weighted by Crippen LogP contribution is -2.46. The molecule has 10 heteroatoms. The molecule has 182 valence electrons. The number of hydrogen-bond acceptors (Lipinski definition) is 8. The fourth-order valence-electron chi connectivity index (χ4n) is 4.08. The number of hydrogen-bond donors (Lipinski definition) is 2. The topological polar surface area (TPSA) is 116 Å². The molecule has 0 amide bonds. The summed E-state index contributed by atoms with van der Waals surface area (Å²) in [6.07, 6.45) is 3.90. The van der Waals surface area contributed by atoms with Crippen molar-refractivity contribution in [2.24, 2.45) is 0 Å². The van der Waals surface area contributed by atoms with Crippen LogP contribution in [0.3, 0.4) is 0 Å². The van der Waals surface area contributed by atoms with Gasteiger partial charge >= 0.3 is 0 Å². The molecule has 0 bridgehead atoms. The maximum Gasteiger partial charge on any atom is 0.269 e. The second kappa shape index (κ2) is 10.3. The van der Waals surface area contributed by atoms with E-state index in [0.29, 0.717) is 17.5 Å². The van der Waals surface area contributed by atoms with Crippen LogP contribution in [-0.2, 0) is 0 Å². The summed E-state index contributed by atoms with van der Waals surface area (Å²) < 4.78 is 0. The van der Waals surface area contributed by atoms with Gasteiger partial charge in [0.2, 0.25) is 0 Å². The fourth-order valence-corrected chi connectivity index (χ4v) is 4.08. The van der Waals surface area contributed by atoms with Crippen LogP contribution >= 0.6 is 0 Å². The molecule has 0 atom stereocenters. The Kier molecular flexibility index (Phi) is 6.57. The Morgan fingerprint density at radius 3 is 2.31 bits per heavy atom. The number of benzene rings is 2. The highest BCUT2D eigenvalue weighted by atomic mass is 16.6. The van der Waals surface area contributed by atoms with Crippen molar-refractivity contribution < 1.29 is 4.92 Å². The van der Waals surface area contributed by atoms with E-state index in [1.54, 1.807) is 24.3 Å². The van der Waals surface area contributed by atoms with Gasteiger partial charge in [-0.05, 0) is 30.7 Å². The smallest absolute Gasteiger partial charge is 0.269 e. The molecule has 0 spiro atoms. The maximum absolute atomic E-state index is 10.9. The first-order chi connectivity index (χ1) is 17.5. The molecule has 1 fully saturated rings. The molecule has 0 aliphatic carbocycles. The van der Waals surface area contributed by atoms with Crippen LogP contribution in [0, 0.1) is 17.0 Å². The first-order valence-corrected chi connectivity index (χ1v) is 11.7. The van der Waals surface area contributed by atoms with E-state index in [9.17, 15) is 10.1 Å². The summed E-state index contributed by atoms with van der Waals surface area (Å²) in [6.45, 7) is 5.02. The average molecular weight is 483 g/mol. The lowest BCUT2D eigenvalue weighted by atomic mass is 10.2. The zero-order chi connectivity index (χ0) is 24.9. The van der Waals surface area contributed by atoms with Crippen molar-refractivity contribution in [1.82, 2.24) is 20.2 Å². The molecule has 36 heavy (non-hydrogen) atoms. The Bertz CT molecular complexity index is 1360. The van der Waals surface area contributed by atoms with Crippen molar-refractivity contribution in [3.05, 3.63) is 93.9 Å².